The van der Waals surface area contributed by atoms with E-state index in [1.54, 1.807) is 31.3 Å². The van der Waals surface area contributed by atoms with Gasteiger partial charge in [0.2, 0.25) is 20.0 Å². The summed E-state index contributed by atoms with van der Waals surface area (Å²) in [5.41, 5.74) is -0.417. The fourth-order valence-electron chi connectivity index (χ4n) is 5.94. The summed E-state index contributed by atoms with van der Waals surface area (Å²) >= 11 is 0. The van der Waals surface area contributed by atoms with Crippen molar-refractivity contribution in [1.82, 2.24) is 9.03 Å². The summed E-state index contributed by atoms with van der Waals surface area (Å²) < 4.78 is 81.4. The van der Waals surface area contributed by atoms with Gasteiger partial charge in [0.15, 0.2) is 0 Å². The van der Waals surface area contributed by atoms with Gasteiger partial charge in [-0.05, 0) is 142 Å². The highest BCUT2D eigenvalue weighted by molar-refractivity contribution is 7.89. The van der Waals surface area contributed by atoms with Gasteiger partial charge in [0.05, 0.1) is 32.2 Å². The van der Waals surface area contributed by atoms with Crippen LogP contribution in [-0.4, -0.2) is 75.9 Å². The molecule has 2 aromatic rings. The van der Waals surface area contributed by atoms with Crippen molar-refractivity contribution in [1.29, 1.82) is 0 Å². The van der Waals surface area contributed by atoms with Crippen molar-refractivity contribution in [3.63, 3.8) is 0 Å². The monoisotopic (exact) mass is 804 g/mol. The fourth-order valence-corrected chi connectivity index (χ4v) is 9.66. The summed E-state index contributed by atoms with van der Waals surface area (Å²) in [6.07, 6.45) is 0. The first kappa shape index (κ1) is 47.6. The molecule has 1 N–H and O–H groups in total. The largest absolute Gasteiger partial charge is 0.494 e. The van der Waals surface area contributed by atoms with Crippen LogP contribution < -0.4 is 15.6 Å². The number of hydrogen-bond acceptors (Lipinski definition) is 8. The number of benzene rings is 2. The molecule has 4 rings (SSSR count). The molecule has 2 saturated heterocycles. The first-order valence-electron chi connectivity index (χ1n) is 19.2. The van der Waals surface area contributed by atoms with Crippen LogP contribution in [0, 0.1) is 0 Å². The second-order valence-electron chi connectivity index (χ2n) is 21.2. The maximum atomic E-state index is 13.3. The Morgan fingerprint density at radius 2 is 0.855 bits per heavy atom. The Morgan fingerprint density at radius 1 is 0.545 bits per heavy atom. The number of rotatable bonds is 6. The summed E-state index contributed by atoms with van der Waals surface area (Å²) in [4.78, 5) is 0.628. The zero-order valence-electron chi connectivity index (χ0n) is 37.6. The van der Waals surface area contributed by atoms with Crippen LogP contribution in [0.25, 0.3) is 0 Å². The SMILES string of the molecule is CC(C)(C)NS(=O)(=O)c1ccc(B2OC(C)(C)C(C)(C)O2)cc1C(C)(C)C.CN(C(C)(C)C)S(=O)(=O)c1ccc(B2OC(C)(C)C(C)(C)O2)cc1C(C)(C)C. The van der Waals surface area contributed by atoms with Crippen molar-refractivity contribution in [3.8, 4) is 0 Å². The average molecular weight is 805 g/mol. The van der Waals surface area contributed by atoms with E-state index in [0.29, 0.717) is 9.79 Å². The third kappa shape index (κ3) is 10.5. The molecule has 0 unspecified atom stereocenters. The molecule has 0 spiro atoms. The van der Waals surface area contributed by atoms with Gasteiger partial charge in [0.25, 0.3) is 0 Å². The van der Waals surface area contributed by atoms with Gasteiger partial charge >= 0.3 is 14.2 Å². The fraction of sp³-hybridized carbons (Fsp3) is 0.707. The minimum Gasteiger partial charge on any atom is -0.399 e. The maximum absolute atomic E-state index is 13.3. The lowest BCUT2D eigenvalue weighted by Gasteiger charge is -2.33. The Hall–Kier alpha value is -1.77. The molecular weight excluding hydrogens is 734 g/mol. The molecule has 0 atom stereocenters. The molecule has 0 bridgehead atoms. The van der Waals surface area contributed by atoms with E-state index >= 15 is 0 Å². The standard InChI is InChI=1S/C21H36BNO4S.C20H34BNO4S/c1-18(2,3)16-14-15(22-26-20(7,8)21(9,10)27-22)12-13-17(16)28(24,25)23(11)19(4,5)6;1-17(2,3)15-13-14(21-25-19(7,8)20(9,10)26-21)11-12-16(15)27(23,24)22-18(4,5)6/h12-14H,1-11H3;11-13,22H,1-10H3. The highest BCUT2D eigenvalue weighted by Gasteiger charge is 2.53. The predicted molar refractivity (Wildman–Crippen MR) is 226 cm³/mol. The molecule has 2 heterocycles. The van der Waals surface area contributed by atoms with Gasteiger partial charge in [-0.3, -0.25) is 0 Å². The van der Waals surface area contributed by atoms with Crippen molar-refractivity contribution in [2.75, 3.05) is 7.05 Å². The van der Waals surface area contributed by atoms with Crippen molar-refractivity contribution in [2.24, 2.45) is 0 Å². The molecule has 2 fully saturated rings. The van der Waals surface area contributed by atoms with E-state index in [0.717, 1.165) is 22.1 Å². The van der Waals surface area contributed by atoms with Crippen molar-refractivity contribution in [3.05, 3.63) is 47.5 Å². The van der Waals surface area contributed by atoms with Gasteiger partial charge in [0, 0.05) is 18.1 Å². The third-order valence-electron chi connectivity index (χ3n) is 11.0. The van der Waals surface area contributed by atoms with Crippen LogP contribution in [-0.2, 0) is 49.5 Å². The van der Waals surface area contributed by atoms with E-state index in [-0.39, 0.29) is 10.8 Å². The van der Waals surface area contributed by atoms with E-state index in [2.05, 4.69) is 4.72 Å². The maximum Gasteiger partial charge on any atom is 0.494 e. The Kier molecular flexibility index (Phi) is 12.8. The second kappa shape index (κ2) is 14.8. The zero-order chi connectivity index (χ0) is 43.0. The van der Waals surface area contributed by atoms with E-state index in [9.17, 15) is 16.8 Å². The minimum absolute atomic E-state index is 0.296. The summed E-state index contributed by atoms with van der Waals surface area (Å²) in [6, 6.07) is 10.8. The van der Waals surface area contributed by atoms with Crippen LogP contribution in [0.4, 0.5) is 0 Å². The van der Waals surface area contributed by atoms with Crippen molar-refractivity contribution in [2.45, 2.75) is 193 Å². The number of nitrogens with zero attached hydrogens (tertiary/aromatic N) is 1. The van der Waals surface area contributed by atoms with Crippen LogP contribution in [0.15, 0.2) is 46.2 Å². The molecule has 10 nitrogen and oxygen atoms in total. The van der Waals surface area contributed by atoms with Gasteiger partial charge in [-0.15, -0.1) is 0 Å². The molecule has 2 aliphatic heterocycles. The van der Waals surface area contributed by atoms with Gasteiger partial charge in [0.1, 0.15) is 0 Å². The first-order chi connectivity index (χ1) is 24.2. The van der Waals surface area contributed by atoms with E-state index in [1.165, 1.54) is 4.31 Å². The Bertz CT molecular complexity index is 1920. The molecule has 0 radical (unpaired) electrons. The molecule has 0 aromatic heterocycles. The first-order valence-corrected chi connectivity index (χ1v) is 22.1. The summed E-state index contributed by atoms with van der Waals surface area (Å²) in [7, 11) is -6.71. The lowest BCUT2D eigenvalue weighted by molar-refractivity contribution is 0.00578. The summed E-state index contributed by atoms with van der Waals surface area (Å²) in [5.74, 6) is 0. The molecule has 0 amide bonds. The molecule has 14 heteroatoms. The highest BCUT2D eigenvalue weighted by Crippen LogP contribution is 2.39. The predicted octanol–water partition coefficient (Wildman–Crippen LogP) is 7.06. The van der Waals surface area contributed by atoms with Gasteiger partial charge in [-0.2, -0.15) is 4.31 Å². The number of hydrogen-bond donors (Lipinski definition) is 1. The molecule has 0 saturated carbocycles. The van der Waals surface area contributed by atoms with Crippen LogP contribution in [0.2, 0.25) is 0 Å². The van der Waals surface area contributed by atoms with Crippen molar-refractivity contribution < 1.29 is 35.5 Å². The second-order valence-corrected chi connectivity index (χ2v) is 24.8. The number of sulfonamides is 2. The van der Waals surface area contributed by atoms with Crippen LogP contribution in [0.3, 0.4) is 0 Å². The van der Waals surface area contributed by atoms with Gasteiger partial charge < -0.3 is 18.6 Å². The van der Waals surface area contributed by atoms with Gasteiger partial charge in [-0.25, -0.2) is 21.6 Å². The normalized spacial score (nSPS) is 20.1. The van der Waals surface area contributed by atoms with Crippen LogP contribution >= 0.6 is 0 Å². The van der Waals surface area contributed by atoms with E-state index in [1.807, 2.05) is 151 Å². The van der Waals surface area contributed by atoms with E-state index < -0.39 is 67.8 Å². The quantitative estimate of drug-likeness (QED) is 0.309. The van der Waals surface area contributed by atoms with Crippen LogP contribution in [0.5, 0.6) is 0 Å². The summed E-state index contributed by atoms with van der Waals surface area (Å²) in [5, 5.41) is 0. The molecule has 2 aliphatic rings. The zero-order valence-corrected chi connectivity index (χ0v) is 39.3. The highest BCUT2D eigenvalue weighted by atomic mass is 32.2. The smallest absolute Gasteiger partial charge is 0.399 e. The Balaban J connectivity index is 0.000000296. The Labute approximate surface area is 335 Å². The van der Waals surface area contributed by atoms with Crippen LogP contribution in [0.1, 0.15) is 150 Å². The molecule has 310 valence electrons. The molecule has 55 heavy (non-hydrogen) atoms. The minimum atomic E-state index is -3.65. The van der Waals surface area contributed by atoms with E-state index in [4.69, 9.17) is 18.6 Å². The topological polar surface area (TPSA) is 120 Å². The Morgan fingerprint density at radius 3 is 1.15 bits per heavy atom. The number of nitrogens with one attached hydrogen (secondary N) is 1. The lowest BCUT2D eigenvalue weighted by atomic mass is 9.75. The third-order valence-corrected chi connectivity index (χ3v) is 15.0. The lowest BCUT2D eigenvalue weighted by Crippen LogP contribution is -2.43. The molecular formula is C41H70B2N2O8S2. The average Bonchev–Trinajstić information content (AvgIpc) is 3.33. The molecule has 2 aromatic carbocycles. The van der Waals surface area contributed by atoms with Crippen molar-refractivity contribution >= 4 is 45.2 Å². The van der Waals surface area contributed by atoms with Gasteiger partial charge in [-0.1, -0.05) is 65.8 Å². The molecule has 0 aliphatic carbocycles. The summed E-state index contributed by atoms with van der Waals surface area (Å²) in [6.45, 7) is 39.3.